The van der Waals surface area contributed by atoms with E-state index in [9.17, 15) is 14.4 Å². The van der Waals surface area contributed by atoms with Crippen LogP contribution in [0.2, 0.25) is 5.02 Å². The summed E-state index contributed by atoms with van der Waals surface area (Å²) >= 11 is 6.83. The fourth-order valence-electron chi connectivity index (χ4n) is 7.86. The van der Waals surface area contributed by atoms with Crippen LogP contribution in [-0.2, 0) is 17.8 Å². The van der Waals surface area contributed by atoms with Gasteiger partial charge in [0.15, 0.2) is 5.83 Å². The standard InChI is InChI=1S/C35H39ClFN7O2/c1-23(37)33(45)43-18-17-42(20-25(43)12-15-38)32-27-19-35(13-6-14-35)44(30-11-4-8-24-7-3-10-28(36)31(24)30)21-29(27)39-34(40-32)46-22-26-9-5-16-41(26)2/h3-4,7-8,10-11,25-26H,1,5-6,9,12-14,16-22H2,2H3/t25-,26-/m0/s1. The third kappa shape index (κ3) is 5.43. The van der Waals surface area contributed by atoms with Gasteiger partial charge >= 0.3 is 6.01 Å². The number of amides is 1. The van der Waals surface area contributed by atoms with Gasteiger partial charge in [-0.3, -0.25) is 4.79 Å². The van der Waals surface area contributed by atoms with Crippen molar-refractivity contribution < 1.29 is 13.9 Å². The molecule has 1 amide bonds. The van der Waals surface area contributed by atoms with Gasteiger partial charge in [-0.2, -0.15) is 15.2 Å². The molecule has 1 aromatic heterocycles. The number of hydrogen-bond donors (Lipinski definition) is 0. The van der Waals surface area contributed by atoms with Crippen molar-refractivity contribution in [3.8, 4) is 12.1 Å². The SMILES string of the molecule is C=C(F)C(=O)N1CCN(c2nc(OC[C@@H]3CCCN3C)nc3c2CC2(CCC2)N(c2cccc4cccc(Cl)c24)C3)C[C@@H]1CC#N. The van der Waals surface area contributed by atoms with Gasteiger partial charge in [-0.15, -0.1) is 0 Å². The topological polar surface area (TPSA) is 88.8 Å². The number of ether oxygens (including phenoxy) is 1. The highest BCUT2D eigenvalue weighted by Gasteiger charge is 2.48. The lowest BCUT2D eigenvalue weighted by atomic mass is 9.69. The Morgan fingerprint density at radius 1 is 1.15 bits per heavy atom. The monoisotopic (exact) mass is 643 g/mol. The molecule has 1 aliphatic carbocycles. The molecular weight excluding hydrogens is 605 g/mol. The molecule has 7 rings (SSSR count). The minimum atomic E-state index is -1.01. The molecular formula is C35H39ClFN7O2. The Balaban J connectivity index is 1.29. The van der Waals surface area contributed by atoms with Crippen LogP contribution in [0, 0.1) is 11.3 Å². The molecule has 2 atom stereocenters. The van der Waals surface area contributed by atoms with Crippen molar-refractivity contribution in [2.24, 2.45) is 0 Å². The number of carbonyl (C=O) groups excluding carboxylic acids is 1. The third-order valence-electron chi connectivity index (χ3n) is 10.5. The number of anilines is 2. The van der Waals surface area contributed by atoms with Gasteiger partial charge in [0.05, 0.1) is 35.8 Å². The fraction of sp³-hybridized carbons (Fsp3) is 0.486. The van der Waals surface area contributed by atoms with Crippen molar-refractivity contribution in [3.63, 3.8) is 0 Å². The van der Waals surface area contributed by atoms with E-state index in [4.69, 9.17) is 26.3 Å². The van der Waals surface area contributed by atoms with Crippen LogP contribution in [-0.4, -0.2) is 83.1 Å². The molecule has 9 nitrogen and oxygen atoms in total. The molecule has 4 aliphatic rings. The van der Waals surface area contributed by atoms with Crippen LogP contribution >= 0.6 is 11.6 Å². The summed E-state index contributed by atoms with van der Waals surface area (Å²) in [6.45, 7) is 6.41. The molecule has 3 aliphatic heterocycles. The first-order valence-corrected chi connectivity index (χ1v) is 16.6. The van der Waals surface area contributed by atoms with Gasteiger partial charge in [0.25, 0.3) is 5.91 Å². The molecule has 0 bridgehead atoms. The zero-order chi connectivity index (χ0) is 32.0. The molecule has 0 radical (unpaired) electrons. The number of nitrogens with zero attached hydrogens (tertiary/aromatic N) is 7. The van der Waals surface area contributed by atoms with E-state index in [1.54, 1.807) is 0 Å². The number of likely N-dealkylation sites (tertiary alicyclic amines) is 1. The lowest BCUT2D eigenvalue weighted by Crippen LogP contribution is -2.59. The lowest BCUT2D eigenvalue weighted by molar-refractivity contribution is -0.131. The van der Waals surface area contributed by atoms with Crippen molar-refractivity contribution in [3.05, 3.63) is 65.1 Å². The highest BCUT2D eigenvalue weighted by molar-refractivity contribution is 6.36. The number of fused-ring (bicyclic) bond motifs is 2. The maximum atomic E-state index is 13.9. The summed E-state index contributed by atoms with van der Waals surface area (Å²) in [7, 11) is 2.12. The molecule has 0 unspecified atom stereocenters. The number of hydrogen-bond acceptors (Lipinski definition) is 8. The molecule has 1 spiro atoms. The van der Waals surface area contributed by atoms with Gasteiger partial charge in [0.2, 0.25) is 0 Å². The Morgan fingerprint density at radius 2 is 1.96 bits per heavy atom. The summed E-state index contributed by atoms with van der Waals surface area (Å²) in [5.41, 5.74) is 2.99. The molecule has 3 fully saturated rings. The van der Waals surface area contributed by atoms with Gasteiger partial charge in [0.1, 0.15) is 12.4 Å². The van der Waals surface area contributed by atoms with E-state index in [-0.39, 0.29) is 18.5 Å². The second-order valence-corrected chi connectivity index (χ2v) is 13.6. The molecule has 4 heterocycles. The summed E-state index contributed by atoms with van der Waals surface area (Å²) in [4.78, 5) is 31.1. The first-order valence-electron chi connectivity index (χ1n) is 16.2. The number of rotatable bonds is 7. The Labute approximate surface area is 274 Å². The zero-order valence-electron chi connectivity index (χ0n) is 26.2. The Morgan fingerprint density at radius 3 is 2.65 bits per heavy atom. The highest BCUT2D eigenvalue weighted by Crippen LogP contribution is 2.50. The van der Waals surface area contributed by atoms with Crippen LogP contribution in [0.1, 0.15) is 49.8 Å². The van der Waals surface area contributed by atoms with E-state index in [1.165, 1.54) is 4.90 Å². The van der Waals surface area contributed by atoms with Crippen LogP contribution in [0.3, 0.4) is 0 Å². The predicted molar refractivity (Wildman–Crippen MR) is 177 cm³/mol. The van der Waals surface area contributed by atoms with Crippen molar-refractivity contribution >= 4 is 39.8 Å². The average Bonchev–Trinajstić information content (AvgIpc) is 3.45. The van der Waals surface area contributed by atoms with E-state index in [1.807, 2.05) is 12.1 Å². The molecule has 11 heteroatoms. The molecule has 1 saturated carbocycles. The van der Waals surface area contributed by atoms with E-state index in [0.29, 0.717) is 38.3 Å². The lowest BCUT2D eigenvalue weighted by Gasteiger charge is -2.55. The normalized spacial score (nSPS) is 22.4. The highest BCUT2D eigenvalue weighted by atomic mass is 35.5. The fourth-order valence-corrected chi connectivity index (χ4v) is 8.14. The molecule has 46 heavy (non-hydrogen) atoms. The Bertz CT molecular complexity index is 1720. The summed E-state index contributed by atoms with van der Waals surface area (Å²) in [6, 6.07) is 14.7. The maximum Gasteiger partial charge on any atom is 0.318 e. The molecule has 240 valence electrons. The number of halogens is 2. The van der Waals surface area contributed by atoms with Gasteiger partial charge in [0, 0.05) is 54.3 Å². The van der Waals surface area contributed by atoms with Crippen molar-refractivity contribution in [1.29, 1.82) is 5.26 Å². The number of likely N-dealkylation sites (N-methyl/N-ethyl adjacent to an activating group) is 1. The maximum absolute atomic E-state index is 13.9. The van der Waals surface area contributed by atoms with E-state index in [2.05, 4.69) is 58.7 Å². The van der Waals surface area contributed by atoms with E-state index < -0.39 is 17.8 Å². The Kier molecular flexibility index (Phi) is 8.24. The minimum Gasteiger partial charge on any atom is -0.462 e. The van der Waals surface area contributed by atoms with Crippen molar-refractivity contribution in [2.45, 2.75) is 69.1 Å². The second kappa shape index (κ2) is 12.3. The molecule has 3 aromatic rings. The summed E-state index contributed by atoms with van der Waals surface area (Å²) in [6.07, 6.45) is 6.26. The smallest absolute Gasteiger partial charge is 0.318 e. The largest absolute Gasteiger partial charge is 0.462 e. The minimum absolute atomic E-state index is 0.0831. The summed E-state index contributed by atoms with van der Waals surface area (Å²) in [5, 5.41) is 12.5. The first-order chi connectivity index (χ1) is 22.3. The number of piperazine rings is 1. The third-order valence-corrected chi connectivity index (χ3v) is 10.8. The predicted octanol–water partition coefficient (Wildman–Crippen LogP) is 5.66. The number of carbonyl (C=O) groups is 1. The van der Waals surface area contributed by atoms with Crippen molar-refractivity contribution in [1.82, 2.24) is 19.8 Å². The van der Waals surface area contributed by atoms with Crippen molar-refractivity contribution in [2.75, 3.05) is 49.6 Å². The average molecular weight is 644 g/mol. The first kappa shape index (κ1) is 30.7. The molecule has 0 N–H and O–H groups in total. The molecule has 2 aromatic carbocycles. The number of nitriles is 1. The Hall–Kier alpha value is -3.94. The zero-order valence-corrected chi connectivity index (χ0v) is 27.0. The summed E-state index contributed by atoms with van der Waals surface area (Å²) in [5.74, 6) is -0.980. The van der Waals surface area contributed by atoms with Crippen LogP contribution in [0.15, 0.2) is 48.8 Å². The van der Waals surface area contributed by atoms with Gasteiger partial charge < -0.3 is 24.3 Å². The molecule has 2 saturated heterocycles. The van der Waals surface area contributed by atoms with Crippen LogP contribution in [0.25, 0.3) is 10.8 Å². The quantitative estimate of drug-likeness (QED) is 0.305. The second-order valence-electron chi connectivity index (χ2n) is 13.2. The number of aromatic nitrogens is 2. The van der Waals surface area contributed by atoms with Gasteiger partial charge in [-0.1, -0.05) is 42.4 Å². The van der Waals surface area contributed by atoms with Crippen LogP contribution < -0.4 is 14.5 Å². The van der Waals surface area contributed by atoms with Crippen LogP contribution in [0.5, 0.6) is 6.01 Å². The van der Waals surface area contributed by atoms with Gasteiger partial charge in [-0.05, 0) is 63.2 Å². The van der Waals surface area contributed by atoms with Crippen LogP contribution in [0.4, 0.5) is 15.9 Å². The van der Waals surface area contributed by atoms with Gasteiger partial charge in [-0.25, -0.2) is 4.39 Å². The van der Waals surface area contributed by atoms with E-state index >= 15 is 0 Å². The summed E-state index contributed by atoms with van der Waals surface area (Å²) < 4.78 is 20.3. The number of benzene rings is 2. The van der Waals surface area contributed by atoms with E-state index in [0.717, 1.165) is 83.6 Å².